The lowest BCUT2D eigenvalue weighted by atomic mass is 10.2. The van der Waals surface area contributed by atoms with E-state index in [1.807, 2.05) is 13.0 Å². The van der Waals surface area contributed by atoms with Crippen LogP contribution in [0.5, 0.6) is 0 Å². The number of pyridine rings is 1. The molecule has 4 N–H and O–H groups in total. The fraction of sp³-hybridized carbons (Fsp3) is 0.111. The Morgan fingerprint density at radius 1 is 1.50 bits per heavy atom. The molecule has 0 aliphatic rings. The molecule has 4 nitrogen and oxygen atoms in total. The van der Waals surface area contributed by atoms with Crippen molar-refractivity contribution in [3.05, 3.63) is 22.6 Å². The molecule has 0 atom stereocenters. The second kappa shape index (κ2) is 2.95. The number of nitrogens with two attached hydrogens (primary N) is 2. The van der Waals surface area contributed by atoms with Crippen molar-refractivity contribution in [1.29, 1.82) is 0 Å². The number of hydrogen-bond acceptors (Lipinski definition) is 4. The third-order valence-corrected chi connectivity index (χ3v) is 3.06. The molecule has 0 saturated heterocycles. The van der Waals surface area contributed by atoms with Gasteiger partial charge in [0.1, 0.15) is 5.82 Å². The normalized spacial score (nSPS) is 10.6. The second-order valence-electron chi connectivity index (χ2n) is 3.05. The van der Waals surface area contributed by atoms with Crippen LogP contribution < -0.4 is 11.5 Å². The average Bonchev–Trinajstić information content (AvgIpc) is 2.48. The molecule has 2 aromatic heterocycles. The SMILES string of the molecule is Cc1cc2sc(C(N)=O)cc2nc1N. The van der Waals surface area contributed by atoms with Gasteiger partial charge in [0.05, 0.1) is 15.1 Å². The van der Waals surface area contributed by atoms with E-state index in [4.69, 9.17) is 11.5 Å². The van der Waals surface area contributed by atoms with Gasteiger partial charge in [-0.1, -0.05) is 0 Å². The Labute approximate surface area is 84.5 Å². The minimum atomic E-state index is -0.427. The van der Waals surface area contributed by atoms with Gasteiger partial charge in [0, 0.05) is 0 Å². The zero-order chi connectivity index (χ0) is 10.3. The fourth-order valence-corrected chi connectivity index (χ4v) is 2.15. The summed E-state index contributed by atoms with van der Waals surface area (Å²) in [5.74, 6) is 0.0653. The maximum Gasteiger partial charge on any atom is 0.258 e. The van der Waals surface area contributed by atoms with Gasteiger partial charge in [0.15, 0.2) is 0 Å². The van der Waals surface area contributed by atoms with Crippen molar-refractivity contribution >= 4 is 33.3 Å². The van der Waals surface area contributed by atoms with Gasteiger partial charge in [0.25, 0.3) is 5.91 Å². The molecule has 0 aliphatic carbocycles. The van der Waals surface area contributed by atoms with Gasteiger partial charge in [-0.15, -0.1) is 11.3 Å². The molecule has 72 valence electrons. The number of aromatic nitrogens is 1. The summed E-state index contributed by atoms with van der Waals surface area (Å²) < 4.78 is 0.936. The number of aryl methyl sites for hydroxylation is 1. The number of fused-ring (bicyclic) bond motifs is 1. The van der Waals surface area contributed by atoms with Crippen LogP contribution in [0.15, 0.2) is 12.1 Å². The maximum atomic E-state index is 10.9. The van der Waals surface area contributed by atoms with Crippen molar-refractivity contribution in [2.45, 2.75) is 6.92 Å². The van der Waals surface area contributed by atoms with Crippen molar-refractivity contribution in [3.63, 3.8) is 0 Å². The van der Waals surface area contributed by atoms with Gasteiger partial charge in [-0.2, -0.15) is 0 Å². The molecular weight excluding hydrogens is 198 g/mol. The van der Waals surface area contributed by atoms with Crippen molar-refractivity contribution in [2.24, 2.45) is 5.73 Å². The smallest absolute Gasteiger partial charge is 0.258 e. The summed E-state index contributed by atoms with van der Waals surface area (Å²) in [5.41, 5.74) is 12.5. The number of nitrogens with zero attached hydrogens (tertiary/aromatic N) is 1. The van der Waals surface area contributed by atoms with Crippen LogP contribution in [0.3, 0.4) is 0 Å². The summed E-state index contributed by atoms with van der Waals surface area (Å²) >= 11 is 1.34. The summed E-state index contributed by atoms with van der Waals surface area (Å²) in [6.45, 7) is 1.88. The van der Waals surface area contributed by atoms with Crippen LogP contribution in [0.2, 0.25) is 0 Å². The van der Waals surface area contributed by atoms with Crippen molar-refractivity contribution in [2.75, 3.05) is 5.73 Å². The topological polar surface area (TPSA) is 82.0 Å². The monoisotopic (exact) mass is 207 g/mol. The lowest BCUT2D eigenvalue weighted by molar-refractivity contribution is 0.100. The zero-order valence-corrected chi connectivity index (χ0v) is 8.39. The highest BCUT2D eigenvalue weighted by molar-refractivity contribution is 7.20. The molecule has 1 amide bonds. The van der Waals surface area contributed by atoms with E-state index in [1.54, 1.807) is 6.07 Å². The third kappa shape index (κ3) is 1.31. The lowest BCUT2D eigenvalue weighted by Crippen LogP contribution is -2.08. The Bertz CT molecular complexity index is 479. The quantitative estimate of drug-likeness (QED) is 0.739. The van der Waals surface area contributed by atoms with E-state index < -0.39 is 5.91 Å². The van der Waals surface area contributed by atoms with E-state index >= 15 is 0 Å². The lowest BCUT2D eigenvalue weighted by Gasteiger charge is -1.96. The molecule has 0 fully saturated rings. The van der Waals surface area contributed by atoms with Crippen molar-refractivity contribution < 1.29 is 4.79 Å². The summed E-state index contributed by atoms with van der Waals surface area (Å²) in [5, 5.41) is 0. The van der Waals surface area contributed by atoms with Crippen LogP contribution in [0, 0.1) is 6.92 Å². The van der Waals surface area contributed by atoms with Crippen molar-refractivity contribution in [1.82, 2.24) is 4.98 Å². The third-order valence-electron chi connectivity index (χ3n) is 1.98. The van der Waals surface area contributed by atoms with Crippen LogP contribution in [0.1, 0.15) is 15.2 Å². The number of anilines is 1. The average molecular weight is 207 g/mol. The predicted octanol–water partition coefficient (Wildman–Crippen LogP) is 1.29. The Hall–Kier alpha value is -1.62. The van der Waals surface area contributed by atoms with Crippen LogP contribution in [-0.4, -0.2) is 10.9 Å². The highest BCUT2D eigenvalue weighted by Crippen LogP contribution is 2.26. The van der Waals surface area contributed by atoms with Gasteiger partial charge < -0.3 is 11.5 Å². The first-order valence-electron chi connectivity index (χ1n) is 4.04. The fourth-order valence-electron chi connectivity index (χ4n) is 1.20. The minimum Gasteiger partial charge on any atom is -0.383 e. The van der Waals surface area contributed by atoms with Crippen LogP contribution in [-0.2, 0) is 0 Å². The van der Waals surface area contributed by atoms with Crippen molar-refractivity contribution in [3.8, 4) is 0 Å². The number of carbonyl (C=O) groups is 1. The van der Waals surface area contributed by atoms with Crippen LogP contribution in [0.25, 0.3) is 10.2 Å². The van der Waals surface area contributed by atoms with E-state index in [0.717, 1.165) is 15.8 Å². The van der Waals surface area contributed by atoms with E-state index in [9.17, 15) is 4.79 Å². The standard InChI is InChI=1S/C9H9N3OS/c1-4-2-6-5(12-8(4)10)3-7(14-6)9(11)13/h2-3H,1H3,(H2,10,12)(H2,11,13). The first kappa shape index (κ1) is 8.96. The number of thiophene rings is 1. The molecule has 5 heteroatoms. The molecule has 2 rings (SSSR count). The number of amides is 1. The Kier molecular flexibility index (Phi) is 1.89. The second-order valence-corrected chi connectivity index (χ2v) is 4.13. The highest BCUT2D eigenvalue weighted by atomic mass is 32.1. The van der Waals surface area contributed by atoms with E-state index in [1.165, 1.54) is 11.3 Å². The molecule has 2 aromatic rings. The Morgan fingerprint density at radius 3 is 2.86 bits per heavy atom. The molecular formula is C9H9N3OS. The largest absolute Gasteiger partial charge is 0.383 e. The first-order chi connectivity index (χ1) is 6.58. The number of carbonyl (C=O) groups excluding carboxylic acids is 1. The van der Waals surface area contributed by atoms with E-state index in [2.05, 4.69) is 4.98 Å². The number of nitrogen functional groups attached to an aromatic ring is 1. The Balaban J connectivity index is 2.72. The molecule has 0 radical (unpaired) electrons. The first-order valence-corrected chi connectivity index (χ1v) is 4.86. The van der Waals surface area contributed by atoms with Crippen LogP contribution >= 0.6 is 11.3 Å². The Morgan fingerprint density at radius 2 is 2.21 bits per heavy atom. The van der Waals surface area contributed by atoms with Gasteiger partial charge in [0.2, 0.25) is 0 Å². The van der Waals surface area contributed by atoms with Gasteiger partial charge in [-0.3, -0.25) is 4.79 Å². The summed E-state index contributed by atoms with van der Waals surface area (Å²) in [7, 11) is 0. The molecule has 0 saturated carbocycles. The molecule has 0 bridgehead atoms. The summed E-state index contributed by atoms with van der Waals surface area (Å²) in [6.07, 6.45) is 0. The number of primary amides is 1. The minimum absolute atomic E-state index is 0.427. The van der Waals surface area contributed by atoms with E-state index in [0.29, 0.717) is 10.7 Å². The van der Waals surface area contributed by atoms with Gasteiger partial charge in [-0.25, -0.2) is 4.98 Å². The van der Waals surface area contributed by atoms with E-state index in [-0.39, 0.29) is 0 Å². The van der Waals surface area contributed by atoms with Gasteiger partial charge in [-0.05, 0) is 24.6 Å². The zero-order valence-electron chi connectivity index (χ0n) is 7.57. The van der Waals surface area contributed by atoms with Gasteiger partial charge >= 0.3 is 0 Å². The molecule has 0 unspecified atom stereocenters. The molecule has 0 spiro atoms. The molecule has 2 heterocycles. The molecule has 0 aromatic carbocycles. The maximum absolute atomic E-state index is 10.9. The molecule has 14 heavy (non-hydrogen) atoms. The summed E-state index contributed by atoms with van der Waals surface area (Å²) in [6, 6.07) is 3.58. The number of rotatable bonds is 1. The highest BCUT2D eigenvalue weighted by Gasteiger charge is 2.08. The van der Waals surface area contributed by atoms with Crippen LogP contribution in [0.4, 0.5) is 5.82 Å². The number of hydrogen-bond donors (Lipinski definition) is 2. The molecule has 0 aliphatic heterocycles. The predicted molar refractivity (Wildman–Crippen MR) is 57.3 cm³/mol. The summed E-state index contributed by atoms with van der Waals surface area (Å²) in [4.78, 5) is 15.6.